The van der Waals surface area contributed by atoms with E-state index in [1.807, 2.05) is 50.2 Å². The van der Waals surface area contributed by atoms with E-state index in [0.29, 0.717) is 10.8 Å². The molecular formula is C24H31ClN2O3. The van der Waals surface area contributed by atoms with Gasteiger partial charge in [0.2, 0.25) is 5.91 Å². The molecular weight excluding hydrogens is 400 g/mol. The number of amides is 2. The van der Waals surface area contributed by atoms with Gasteiger partial charge in [-0.25, -0.2) is 0 Å². The minimum Gasteiger partial charge on any atom is -0.484 e. The second-order valence-electron chi connectivity index (χ2n) is 7.43. The van der Waals surface area contributed by atoms with Crippen molar-refractivity contribution < 1.29 is 14.3 Å². The minimum atomic E-state index is -0.642. The lowest BCUT2D eigenvalue weighted by molar-refractivity contribution is -0.142. The highest BCUT2D eigenvalue weighted by Gasteiger charge is 2.27. The molecule has 0 heterocycles. The lowest BCUT2D eigenvalue weighted by Gasteiger charge is -2.29. The molecule has 2 aromatic rings. The molecule has 0 saturated carbocycles. The molecule has 0 radical (unpaired) electrons. The molecule has 2 atom stereocenters. The molecule has 0 aliphatic rings. The number of nitrogens with one attached hydrogen (secondary N) is 1. The van der Waals surface area contributed by atoms with Crippen LogP contribution in [0, 0.1) is 0 Å². The van der Waals surface area contributed by atoms with Gasteiger partial charge < -0.3 is 15.0 Å². The van der Waals surface area contributed by atoms with E-state index < -0.39 is 6.04 Å². The van der Waals surface area contributed by atoms with Crippen LogP contribution in [-0.4, -0.2) is 35.4 Å². The molecule has 5 nitrogen and oxygen atoms in total. The van der Waals surface area contributed by atoms with Crippen molar-refractivity contribution in [3.8, 4) is 5.75 Å². The van der Waals surface area contributed by atoms with Crippen molar-refractivity contribution in [1.82, 2.24) is 10.2 Å². The number of ether oxygens (including phenoxy) is 1. The van der Waals surface area contributed by atoms with E-state index in [9.17, 15) is 9.59 Å². The zero-order valence-corrected chi connectivity index (χ0v) is 18.9. The standard InChI is InChI=1S/C24H31ClN2O3/c1-5-17(3)26-24(29)18(4)27(15-20-8-7-9-21(25)14-20)23(28)16-30-22-12-10-19(6-2)11-13-22/h7-14,17-18H,5-6,15-16H2,1-4H3,(H,26,29). The first-order valence-corrected chi connectivity index (χ1v) is 10.8. The number of carbonyl (C=O) groups is 2. The first kappa shape index (κ1) is 23.7. The predicted molar refractivity (Wildman–Crippen MR) is 121 cm³/mol. The third-order valence-corrected chi connectivity index (χ3v) is 5.34. The normalized spacial score (nSPS) is 12.7. The topological polar surface area (TPSA) is 58.6 Å². The Bertz CT molecular complexity index is 839. The molecule has 2 unspecified atom stereocenters. The molecule has 0 saturated heterocycles. The van der Waals surface area contributed by atoms with Gasteiger partial charge in [0.1, 0.15) is 11.8 Å². The summed E-state index contributed by atoms with van der Waals surface area (Å²) in [5, 5.41) is 3.54. The van der Waals surface area contributed by atoms with Gasteiger partial charge in [-0.2, -0.15) is 0 Å². The van der Waals surface area contributed by atoms with E-state index in [1.54, 1.807) is 19.1 Å². The number of benzene rings is 2. The molecule has 0 spiro atoms. The molecule has 1 N–H and O–H groups in total. The fraction of sp³-hybridized carbons (Fsp3) is 0.417. The molecule has 2 aromatic carbocycles. The van der Waals surface area contributed by atoms with Crippen LogP contribution in [0.15, 0.2) is 48.5 Å². The van der Waals surface area contributed by atoms with Crippen LogP contribution in [-0.2, 0) is 22.6 Å². The third-order valence-electron chi connectivity index (χ3n) is 5.10. The van der Waals surface area contributed by atoms with Gasteiger partial charge >= 0.3 is 0 Å². The second kappa shape index (κ2) is 11.6. The quantitative estimate of drug-likeness (QED) is 0.598. The molecule has 0 aliphatic carbocycles. The largest absolute Gasteiger partial charge is 0.484 e. The van der Waals surface area contributed by atoms with Gasteiger partial charge in [0.25, 0.3) is 5.91 Å². The van der Waals surface area contributed by atoms with Crippen molar-refractivity contribution in [3.05, 3.63) is 64.7 Å². The van der Waals surface area contributed by atoms with Crippen LogP contribution < -0.4 is 10.1 Å². The maximum atomic E-state index is 13.0. The maximum Gasteiger partial charge on any atom is 0.261 e. The fourth-order valence-corrected chi connectivity index (χ4v) is 3.14. The average Bonchev–Trinajstić information content (AvgIpc) is 2.75. The first-order valence-electron chi connectivity index (χ1n) is 10.4. The number of nitrogens with zero attached hydrogens (tertiary/aromatic N) is 1. The lowest BCUT2D eigenvalue weighted by atomic mass is 10.1. The molecule has 6 heteroatoms. The Morgan fingerprint density at radius 1 is 1.07 bits per heavy atom. The van der Waals surface area contributed by atoms with Crippen LogP contribution in [0.2, 0.25) is 5.02 Å². The Hall–Kier alpha value is -2.53. The first-order chi connectivity index (χ1) is 14.3. The van der Waals surface area contributed by atoms with E-state index >= 15 is 0 Å². The van der Waals surface area contributed by atoms with Crippen LogP contribution in [0.4, 0.5) is 0 Å². The Morgan fingerprint density at radius 2 is 1.77 bits per heavy atom. The molecule has 0 bridgehead atoms. The van der Waals surface area contributed by atoms with Crippen molar-refractivity contribution in [1.29, 1.82) is 0 Å². The van der Waals surface area contributed by atoms with Gasteiger partial charge in [-0.1, -0.05) is 49.7 Å². The Labute approximate surface area is 184 Å². The molecule has 0 aliphatic heterocycles. The summed E-state index contributed by atoms with van der Waals surface area (Å²) >= 11 is 6.10. The lowest BCUT2D eigenvalue weighted by Crippen LogP contribution is -2.50. The number of halogens is 1. The van der Waals surface area contributed by atoms with E-state index in [1.165, 1.54) is 10.5 Å². The van der Waals surface area contributed by atoms with Crippen LogP contribution >= 0.6 is 11.6 Å². The second-order valence-corrected chi connectivity index (χ2v) is 7.87. The third kappa shape index (κ3) is 7.06. The van der Waals surface area contributed by atoms with Gasteiger partial charge in [0.05, 0.1) is 0 Å². The van der Waals surface area contributed by atoms with Gasteiger partial charge in [-0.15, -0.1) is 0 Å². The Balaban J connectivity index is 2.13. The maximum absolute atomic E-state index is 13.0. The molecule has 2 rings (SSSR count). The van der Waals surface area contributed by atoms with Gasteiger partial charge in [-0.3, -0.25) is 9.59 Å². The fourth-order valence-electron chi connectivity index (χ4n) is 2.93. The van der Waals surface area contributed by atoms with Gasteiger partial charge in [0.15, 0.2) is 6.61 Å². The van der Waals surface area contributed by atoms with Crippen molar-refractivity contribution in [2.45, 2.75) is 59.2 Å². The molecule has 0 aromatic heterocycles. The van der Waals surface area contributed by atoms with Crippen molar-refractivity contribution in [2.75, 3.05) is 6.61 Å². The monoisotopic (exact) mass is 430 g/mol. The summed E-state index contributed by atoms with van der Waals surface area (Å²) in [6.45, 7) is 7.88. The SMILES string of the molecule is CCc1ccc(OCC(=O)N(Cc2cccc(Cl)c2)C(C)C(=O)NC(C)CC)cc1. The highest BCUT2D eigenvalue weighted by molar-refractivity contribution is 6.30. The summed E-state index contributed by atoms with van der Waals surface area (Å²) in [4.78, 5) is 27.2. The molecule has 162 valence electrons. The number of hydrogen-bond acceptors (Lipinski definition) is 3. The van der Waals surface area contributed by atoms with Crippen LogP contribution in [0.1, 0.15) is 45.2 Å². The van der Waals surface area contributed by atoms with Crippen molar-refractivity contribution in [3.63, 3.8) is 0 Å². The minimum absolute atomic E-state index is 0.0383. The molecule has 30 heavy (non-hydrogen) atoms. The van der Waals surface area contributed by atoms with Gasteiger partial charge in [0, 0.05) is 17.6 Å². The molecule has 2 amide bonds. The van der Waals surface area contributed by atoms with Crippen LogP contribution in [0.3, 0.4) is 0 Å². The smallest absolute Gasteiger partial charge is 0.261 e. The molecule has 0 fully saturated rings. The Morgan fingerprint density at radius 3 is 2.37 bits per heavy atom. The summed E-state index contributed by atoms with van der Waals surface area (Å²) < 4.78 is 5.69. The number of aryl methyl sites for hydroxylation is 1. The van der Waals surface area contributed by atoms with Crippen molar-refractivity contribution in [2.24, 2.45) is 0 Å². The number of carbonyl (C=O) groups excluding carboxylic acids is 2. The summed E-state index contributed by atoms with van der Waals surface area (Å²) in [7, 11) is 0. The summed E-state index contributed by atoms with van der Waals surface area (Å²) in [6, 6.07) is 14.3. The zero-order chi connectivity index (χ0) is 22.1. The average molecular weight is 431 g/mol. The number of rotatable bonds is 10. The van der Waals surface area contributed by atoms with E-state index in [-0.39, 0.29) is 31.0 Å². The van der Waals surface area contributed by atoms with E-state index in [4.69, 9.17) is 16.3 Å². The predicted octanol–water partition coefficient (Wildman–Crippen LogP) is 4.61. The van der Waals surface area contributed by atoms with E-state index in [0.717, 1.165) is 18.4 Å². The summed E-state index contributed by atoms with van der Waals surface area (Å²) in [5.74, 6) is 0.174. The van der Waals surface area contributed by atoms with Crippen LogP contribution in [0.5, 0.6) is 5.75 Å². The van der Waals surface area contributed by atoms with E-state index in [2.05, 4.69) is 12.2 Å². The van der Waals surface area contributed by atoms with Crippen LogP contribution in [0.25, 0.3) is 0 Å². The van der Waals surface area contributed by atoms with Crippen molar-refractivity contribution >= 4 is 23.4 Å². The van der Waals surface area contributed by atoms with Gasteiger partial charge in [-0.05, 0) is 62.1 Å². The summed E-state index contributed by atoms with van der Waals surface area (Å²) in [6.07, 6.45) is 1.76. The highest BCUT2D eigenvalue weighted by Crippen LogP contribution is 2.16. The highest BCUT2D eigenvalue weighted by atomic mass is 35.5. The summed E-state index contributed by atoms with van der Waals surface area (Å²) in [5.41, 5.74) is 2.05. The zero-order valence-electron chi connectivity index (χ0n) is 18.2. The number of hydrogen-bond donors (Lipinski definition) is 1. The Kier molecular flexibility index (Phi) is 9.18.